The lowest BCUT2D eigenvalue weighted by atomic mass is 9.81. The van der Waals surface area contributed by atoms with Crippen molar-refractivity contribution in [2.24, 2.45) is 0 Å². The first-order valence-corrected chi connectivity index (χ1v) is 23.9. The Morgan fingerprint density at radius 3 is 1.54 bits per heavy atom. The quantitative estimate of drug-likeness (QED) is 0.152. The van der Waals surface area contributed by atoms with Crippen LogP contribution < -0.4 is 4.90 Å². The van der Waals surface area contributed by atoms with E-state index in [4.69, 9.17) is 4.98 Å². The minimum Gasteiger partial charge on any atom is -0.311 e. The summed E-state index contributed by atoms with van der Waals surface area (Å²) in [7, 11) is 0. The van der Waals surface area contributed by atoms with Crippen LogP contribution in [0.25, 0.3) is 89.0 Å². The Kier molecular flexibility index (Phi) is 9.38. The molecular weight excluding hydrogens is 837 g/mol. The molecule has 2 aromatic heterocycles. The van der Waals surface area contributed by atoms with Crippen molar-refractivity contribution in [1.29, 1.82) is 0 Å². The van der Waals surface area contributed by atoms with Gasteiger partial charge in [-0.2, -0.15) is 0 Å². The van der Waals surface area contributed by atoms with Gasteiger partial charge in [0.1, 0.15) is 5.82 Å². The average molecular weight is 885 g/mol. The maximum absolute atomic E-state index is 5.17. The predicted octanol–water partition coefficient (Wildman–Crippen LogP) is 17.2. The fourth-order valence-electron chi connectivity index (χ4n) is 10.9. The van der Waals surface area contributed by atoms with Crippen molar-refractivity contribution >= 4 is 49.9 Å². The van der Waals surface area contributed by atoms with Crippen molar-refractivity contribution in [3.05, 3.63) is 253 Å². The molecule has 0 saturated heterocycles. The van der Waals surface area contributed by atoms with Gasteiger partial charge in [0, 0.05) is 50.2 Å². The van der Waals surface area contributed by atoms with Crippen LogP contribution in [0.5, 0.6) is 0 Å². The molecular formula is C65H48N4. The Hall–Kier alpha value is -8.73. The number of anilines is 3. The van der Waals surface area contributed by atoms with E-state index in [-0.39, 0.29) is 5.41 Å². The van der Waals surface area contributed by atoms with Crippen LogP contribution in [0.2, 0.25) is 0 Å². The van der Waals surface area contributed by atoms with E-state index in [0.717, 1.165) is 50.9 Å². The van der Waals surface area contributed by atoms with Crippen molar-refractivity contribution < 1.29 is 0 Å². The van der Waals surface area contributed by atoms with E-state index < -0.39 is 0 Å². The van der Waals surface area contributed by atoms with Crippen molar-refractivity contribution in [3.63, 3.8) is 0 Å². The second-order valence-corrected chi connectivity index (χ2v) is 18.9. The van der Waals surface area contributed by atoms with Gasteiger partial charge < -0.3 is 9.47 Å². The fourth-order valence-corrected chi connectivity index (χ4v) is 10.9. The summed E-state index contributed by atoms with van der Waals surface area (Å²) < 4.78 is 4.64. The standard InChI is InChI=1S/C65H48N4/c1-43-22-38-61-56(40-43)57-41-47(30-39-62(57)68(61)49-14-6-4-7-15-49)44-23-31-51(32-24-44)67(52-33-25-45(26-34-52)48-29-37-55-54-18-10-11-19-58(54)65(2,3)59(55)42-48)53-35-27-46(28-36-53)64-66-60-20-12-13-21-63(60)69(64)50-16-8-5-9-17-50/h4-42H,1-3H3. The first kappa shape index (κ1) is 40.5. The molecule has 4 heteroatoms. The van der Waals surface area contributed by atoms with Crippen LogP contribution in [0.3, 0.4) is 0 Å². The normalized spacial score (nSPS) is 12.7. The number of fused-ring (bicyclic) bond motifs is 7. The van der Waals surface area contributed by atoms with Crippen LogP contribution in [0, 0.1) is 6.92 Å². The molecule has 0 fully saturated rings. The molecule has 0 atom stereocenters. The smallest absolute Gasteiger partial charge is 0.145 e. The highest BCUT2D eigenvalue weighted by molar-refractivity contribution is 6.10. The largest absolute Gasteiger partial charge is 0.311 e. The predicted molar refractivity (Wildman–Crippen MR) is 289 cm³/mol. The van der Waals surface area contributed by atoms with E-state index in [1.54, 1.807) is 0 Å². The lowest BCUT2D eigenvalue weighted by Gasteiger charge is -2.26. The van der Waals surface area contributed by atoms with Crippen molar-refractivity contribution in [3.8, 4) is 56.1 Å². The van der Waals surface area contributed by atoms with E-state index in [1.807, 2.05) is 0 Å². The van der Waals surface area contributed by atoms with Crippen LogP contribution in [0.4, 0.5) is 17.1 Å². The van der Waals surface area contributed by atoms with Gasteiger partial charge in [-0.25, -0.2) is 4.98 Å². The van der Waals surface area contributed by atoms with Crippen molar-refractivity contribution in [1.82, 2.24) is 14.1 Å². The number of aryl methyl sites for hydroxylation is 1. The third-order valence-corrected chi connectivity index (χ3v) is 14.4. The zero-order chi connectivity index (χ0) is 46.2. The maximum Gasteiger partial charge on any atom is 0.145 e. The summed E-state index contributed by atoms with van der Waals surface area (Å²) in [4.78, 5) is 7.53. The highest BCUT2D eigenvalue weighted by Gasteiger charge is 2.35. The van der Waals surface area contributed by atoms with Gasteiger partial charge in [0.25, 0.3) is 0 Å². The van der Waals surface area contributed by atoms with Crippen LogP contribution >= 0.6 is 0 Å². The minimum absolute atomic E-state index is 0.0617. The summed E-state index contributed by atoms with van der Waals surface area (Å²) in [6, 6.07) is 86.1. The molecule has 0 bridgehead atoms. The van der Waals surface area contributed by atoms with Gasteiger partial charge in [0.2, 0.25) is 0 Å². The van der Waals surface area contributed by atoms with Gasteiger partial charge in [-0.05, 0) is 167 Å². The van der Waals surface area contributed by atoms with Gasteiger partial charge in [0.15, 0.2) is 0 Å². The molecule has 2 heterocycles. The molecule has 0 N–H and O–H groups in total. The van der Waals surface area contributed by atoms with Crippen LogP contribution in [0.15, 0.2) is 237 Å². The van der Waals surface area contributed by atoms with Crippen LogP contribution in [-0.2, 0) is 5.41 Å². The Morgan fingerprint density at radius 2 is 0.870 bits per heavy atom. The summed E-state index contributed by atoms with van der Waals surface area (Å²) in [6.45, 7) is 6.87. The molecule has 0 saturated carbocycles. The molecule has 1 aliphatic rings. The molecule has 4 nitrogen and oxygen atoms in total. The number of hydrogen-bond acceptors (Lipinski definition) is 2. The van der Waals surface area contributed by atoms with E-state index >= 15 is 0 Å². The number of para-hydroxylation sites is 4. The SMILES string of the molecule is Cc1ccc2c(c1)c1cc(-c3ccc(N(c4ccc(-c5ccc6c(c5)C(C)(C)c5ccccc5-6)cc4)c4ccc(-c5nc6ccccc6n5-c5ccccc5)cc4)cc3)ccc1n2-c1ccccc1. The van der Waals surface area contributed by atoms with Crippen LogP contribution in [0.1, 0.15) is 30.5 Å². The topological polar surface area (TPSA) is 26.0 Å². The maximum atomic E-state index is 5.17. The first-order valence-electron chi connectivity index (χ1n) is 23.9. The average Bonchev–Trinajstić information content (AvgIpc) is 4.02. The number of imidazole rings is 1. The van der Waals surface area contributed by atoms with Crippen LogP contribution in [-0.4, -0.2) is 14.1 Å². The van der Waals surface area contributed by atoms with E-state index in [2.05, 4.69) is 271 Å². The molecule has 0 spiro atoms. The highest BCUT2D eigenvalue weighted by atomic mass is 15.1. The summed E-state index contributed by atoms with van der Waals surface area (Å²) in [5.74, 6) is 0.911. The summed E-state index contributed by atoms with van der Waals surface area (Å²) >= 11 is 0. The molecule has 0 aliphatic heterocycles. The molecule has 12 aromatic rings. The number of aromatic nitrogens is 3. The van der Waals surface area contributed by atoms with E-state index in [9.17, 15) is 0 Å². The third kappa shape index (κ3) is 6.71. The van der Waals surface area contributed by atoms with Gasteiger partial charge >= 0.3 is 0 Å². The Balaban J connectivity index is 0.893. The number of nitrogens with zero attached hydrogens (tertiary/aromatic N) is 4. The Labute approximate surface area is 402 Å². The molecule has 0 unspecified atom stereocenters. The molecule has 1 aliphatic carbocycles. The van der Waals surface area contributed by atoms with Gasteiger partial charge in [-0.15, -0.1) is 0 Å². The second kappa shape index (κ2) is 16.0. The summed E-state index contributed by atoms with van der Waals surface area (Å²) in [5, 5.41) is 2.51. The van der Waals surface area contributed by atoms with Crippen molar-refractivity contribution in [2.75, 3.05) is 4.90 Å². The second-order valence-electron chi connectivity index (χ2n) is 18.9. The molecule has 69 heavy (non-hydrogen) atoms. The first-order chi connectivity index (χ1) is 33.9. The monoisotopic (exact) mass is 884 g/mol. The Morgan fingerprint density at radius 1 is 0.377 bits per heavy atom. The molecule has 0 amide bonds. The molecule has 328 valence electrons. The van der Waals surface area contributed by atoms with Gasteiger partial charge in [-0.3, -0.25) is 4.57 Å². The minimum atomic E-state index is -0.0617. The third-order valence-electron chi connectivity index (χ3n) is 14.4. The fraction of sp³-hybridized carbons (Fsp3) is 0.0615. The molecule has 13 rings (SSSR count). The number of benzene rings is 10. The Bertz CT molecular complexity index is 3900. The van der Waals surface area contributed by atoms with E-state index in [0.29, 0.717) is 0 Å². The zero-order valence-corrected chi connectivity index (χ0v) is 38.8. The lowest BCUT2D eigenvalue weighted by molar-refractivity contribution is 0.660. The lowest BCUT2D eigenvalue weighted by Crippen LogP contribution is -2.14. The van der Waals surface area contributed by atoms with Gasteiger partial charge in [0.05, 0.1) is 22.1 Å². The number of hydrogen-bond donors (Lipinski definition) is 0. The molecule has 10 aromatic carbocycles. The summed E-state index contributed by atoms with van der Waals surface area (Å²) in [6.07, 6.45) is 0. The summed E-state index contributed by atoms with van der Waals surface area (Å²) in [5.41, 5.74) is 22.4. The van der Waals surface area contributed by atoms with Crippen molar-refractivity contribution in [2.45, 2.75) is 26.2 Å². The van der Waals surface area contributed by atoms with E-state index in [1.165, 1.54) is 71.9 Å². The number of rotatable bonds is 8. The zero-order valence-electron chi connectivity index (χ0n) is 38.8. The highest BCUT2D eigenvalue weighted by Crippen LogP contribution is 2.50. The van der Waals surface area contributed by atoms with Gasteiger partial charge in [-0.1, -0.05) is 141 Å². The molecule has 0 radical (unpaired) electrons.